The zero-order chi connectivity index (χ0) is 23.4. The van der Waals surface area contributed by atoms with Gasteiger partial charge in [-0.1, -0.05) is 23.2 Å². The lowest BCUT2D eigenvalue weighted by atomic mass is 9.89. The molecule has 2 aromatic carbocycles. The van der Waals surface area contributed by atoms with Gasteiger partial charge in [0.25, 0.3) is 11.8 Å². The molecule has 166 valence electrons. The van der Waals surface area contributed by atoms with E-state index < -0.39 is 48.3 Å². The van der Waals surface area contributed by atoms with Crippen molar-refractivity contribution in [3.8, 4) is 0 Å². The Morgan fingerprint density at radius 2 is 1.66 bits per heavy atom. The molecule has 1 fully saturated rings. The van der Waals surface area contributed by atoms with Crippen molar-refractivity contribution in [3.63, 3.8) is 0 Å². The number of rotatable bonds is 5. The summed E-state index contributed by atoms with van der Waals surface area (Å²) in [5, 5.41) is 9.71. The summed E-state index contributed by atoms with van der Waals surface area (Å²) in [5.74, 6) is -3.77. The molecule has 2 aliphatic rings. The summed E-state index contributed by atoms with van der Waals surface area (Å²) in [7, 11) is 0. The number of benzene rings is 2. The van der Waals surface area contributed by atoms with Crippen molar-refractivity contribution in [2.45, 2.75) is 19.0 Å². The van der Waals surface area contributed by atoms with Crippen molar-refractivity contribution in [2.24, 2.45) is 0 Å². The molecule has 1 N–H and O–H groups in total. The summed E-state index contributed by atoms with van der Waals surface area (Å²) in [4.78, 5) is 54.6. The fraction of sp³-hybridized carbons (Fsp3) is 0.238. The number of carboxylic acids is 1. The molecule has 2 heterocycles. The van der Waals surface area contributed by atoms with Crippen LogP contribution < -0.4 is 4.90 Å². The van der Waals surface area contributed by atoms with Gasteiger partial charge in [-0.25, -0.2) is 9.18 Å². The standard InChI is InChI=1S/C21H16Cl2FN3O5/c1-2-27-20(32)26(9-11-7-12(22)3-5-15(11)24)19(31)21(27)14-8-13(23)4-6-16(14)25(18(21)30)10-17(28)29/h3-8H,2,9-10H2,1H3,(H,28,29). The fourth-order valence-electron chi connectivity index (χ4n) is 4.25. The molecule has 0 radical (unpaired) electrons. The van der Waals surface area contributed by atoms with Crippen LogP contribution >= 0.6 is 23.2 Å². The first-order chi connectivity index (χ1) is 15.1. The van der Waals surface area contributed by atoms with E-state index in [1.807, 2.05) is 0 Å². The van der Waals surface area contributed by atoms with Gasteiger partial charge in [0.15, 0.2) is 0 Å². The van der Waals surface area contributed by atoms with Crippen LogP contribution in [0.1, 0.15) is 18.1 Å². The molecule has 1 saturated heterocycles. The molecule has 11 heteroatoms. The fourth-order valence-corrected chi connectivity index (χ4v) is 4.61. The number of hydrogen-bond donors (Lipinski definition) is 1. The zero-order valence-corrected chi connectivity index (χ0v) is 18.2. The second-order valence-electron chi connectivity index (χ2n) is 7.31. The lowest BCUT2D eigenvalue weighted by molar-refractivity contribution is -0.144. The number of fused-ring (bicyclic) bond motifs is 2. The van der Waals surface area contributed by atoms with E-state index in [2.05, 4.69) is 0 Å². The van der Waals surface area contributed by atoms with E-state index in [9.17, 15) is 28.7 Å². The van der Waals surface area contributed by atoms with Crippen molar-refractivity contribution >= 4 is 52.7 Å². The molecular weight excluding hydrogens is 464 g/mol. The number of urea groups is 1. The van der Waals surface area contributed by atoms with Crippen LogP contribution in [0, 0.1) is 5.82 Å². The normalized spacial score (nSPS) is 20.0. The van der Waals surface area contributed by atoms with Crippen LogP contribution in [0.4, 0.5) is 14.9 Å². The highest BCUT2D eigenvalue weighted by Crippen LogP contribution is 2.49. The predicted octanol–water partition coefficient (Wildman–Crippen LogP) is 3.24. The number of amides is 4. The predicted molar refractivity (Wildman–Crippen MR) is 113 cm³/mol. The molecule has 1 spiro atoms. The van der Waals surface area contributed by atoms with Gasteiger partial charge < -0.3 is 5.11 Å². The van der Waals surface area contributed by atoms with Gasteiger partial charge in [-0.05, 0) is 43.3 Å². The average Bonchev–Trinajstić information content (AvgIpc) is 3.09. The van der Waals surface area contributed by atoms with Crippen LogP contribution in [-0.2, 0) is 26.5 Å². The minimum atomic E-state index is -2.13. The van der Waals surface area contributed by atoms with E-state index in [0.29, 0.717) is 0 Å². The first-order valence-electron chi connectivity index (χ1n) is 9.54. The van der Waals surface area contributed by atoms with Crippen molar-refractivity contribution in [3.05, 3.63) is 63.4 Å². The molecule has 32 heavy (non-hydrogen) atoms. The highest BCUT2D eigenvalue weighted by molar-refractivity contribution is 6.32. The highest BCUT2D eigenvalue weighted by atomic mass is 35.5. The molecule has 2 aromatic rings. The Hall–Kier alpha value is -3.17. The Kier molecular flexibility index (Phi) is 5.34. The maximum atomic E-state index is 14.3. The molecule has 4 rings (SSSR count). The maximum Gasteiger partial charge on any atom is 0.328 e. The molecule has 8 nitrogen and oxygen atoms in total. The first kappa shape index (κ1) is 22.0. The largest absolute Gasteiger partial charge is 0.480 e. The van der Waals surface area contributed by atoms with Crippen molar-refractivity contribution in [1.29, 1.82) is 0 Å². The monoisotopic (exact) mass is 479 g/mol. The minimum Gasteiger partial charge on any atom is -0.480 e. The van der Waals surface area contributed by atoms with Gasteiger partial charge in [-0.15, -0.1) is 0 Å². The topological polar surface area (TPSA) is 98.2 Å². The number of halogens is 3. The number of anilines is 1. The van der Waals surface area contributed by atoms with E-state index in [0.717, 1.165) is 20.8 Å². The highest BCUT2D eigenvalue weighted by Gasteiger charge is 2.68. The van der Waals surface area contributed by atoms with Crippen LogP contribution in [0.5, 0.6) is 0 Å². The SMILES string of the molecule is CCN1C(=O)N(Cc2cc(Cl)ccc2F)C(=O)C12C(=O)N(CC(=O)O)c1ccc(Cl)cc12. The molecule has 2 aliphatic heterocycles. The van der Waals surface area contributed by atoms with Crippen molar-refractivity contribution < 1.29 is 28.7 Å². The maximum absolute atomic E-state index is 14.3. The van der Waals surface area contributed by atoms with Crippen LogP contribution in [0.2, 0.25) is 10.0 Å². The molecule has 1 atom stereocenters. The molecule has 0 saturated carbocycles. The molecule has 4 amide bonds. The zero-order valence-electron chi connectivity index (χ0n) is 16.6. The first-order valence-corrected chi connectivity index (χ1v) is 10.3. The van der Waals surface area contributed by atoms with E-state index in [1.165, 1.54) is 30.3 Å². The van der Waals surface area contributed by atoms with E-state index in [1.54, 1.807) is 6.92 Å². The molecule has 1 unspecified atom stereocenters. The van der Waals surface area contributed by atoms with E-state index in [4.69, 9.17) is 23.2 Å². The van der Waals surface area contributed by atoms with E-state index >= 15 is 0 Å². The van der Waals surface area contributed by atoms with Gasteiger partial charge in [0.1, 0.15) is 12.4 Å². The number of likely N-dealkylation sites (N-methyl/N-ethyl adjacent to an activating group) is 1. The smallest absolute Gasteiger partial charge is 0.328 e. The average molecular weight is 480 g/mol. The summed E-state index contributed by atoms with van der Waals surface area (Å²) < 4.78 is 14.3. The Bertz CT molecular complexity index is 1190. The Morgan fingerprint density at radius 1 is 1.03 bits per heavy atom. The van der Waals surface area contributed by atoms with Gasteiger partial charge in [0.05, 0.1) is 12.2 Å². The molecule has 0 aromatic heterocycles. The second kappa shape index (κ2) is 7.75. The number of carbonyl (C=O) groups excluding carboxylic acids is 3. The van der Waals surface area contributed by atoms with Crippen molar-refractivity contribution in [1.82, 2.24) is 9.80 Å². The van der Waals surface area contributed by atoms with Gasteiger partial charge in [-0.2, -0.15) is 0 Å². The lowest BCUT2D eigenvalue weighted by Gasteiger charge is -2.29. The summed E-state index contributed by atoms with van der Waals surface area (Å²) in [5.41, 5.74) is -1.87. The quantitative estimate of drug-likeness (QED) is 0.524. The van der Waals surface area contributed by atoms with Crippen LogP contribution in [0.15, 0.2) is 36.4 Å². The van der Waals surface area contributed by atoms with Crippen LogP contribution in [-0.4, -0.2) is 51.8 Å². The Morgan fingerprint density at radius 3 is 2.31 bits per heavy atom. The Labute approximate surface area is 191 Å². The molecular formula is C21H16Cl2FN3O5. The van der Waals surface area contributed by atoms with Gasteiger partial charge in [0, 0.05) is 27.7 Å². The molecule has 0 bridgehead atoms. The third-order valence-electron chi connectivity index (χ3n) is 5.56. The van der Waals surface area contributed by atoms with E-state index in [-0.39, 0.29) is 33.4 Å². The third kappa shape index (κ3) is 3.03. The number of aliphatic carboxylic acids is 1. The summed E-state index contributed by atoms with van der Waals surface area (Å²) in [6, 6.07) is 7.17. The lowest BCUT2D eigenvalue weighted by Crippen LogP contribution is -2.54. The van der Waals surface area contributed by atoms with Gasteiger partial charge >= 0.3 is 12.0 Å². The summed E-state index contributed by atoms with van der Waals surface area (Å²) in [6.45, 7) is 0.368. The van der Waals surface area contributed by atoms with Crippen LogP contribution in [0.25, 0.3) is 0 Å². The summed E-state index contributed by atoms with van der Waals surface area (Å²) >= 11 is 12.1. The van der Waals surface area contributed by atoms with Crippen LogP contribution in [0.3, 0.4) is 0 Å². The number of imide groups is 1. The van der Waals surface area contributed by atoms with Gasteiger partial charge in [0.2, 0.25) is 5.54 Å². The number of carbonyl (C=O) groups is 4. The third-order valence-corrected chi connectivity index (χ3v) is 6.03. The number of nitrogens with zero attached hydrogens (tertiary/aromatic N) is 3. The Balaban J connectivity index is 1.88. The number of hydrogen-bond acceptors (Lipinski definition) is 4. The van der Waals surface area contributed by atoms with Gasteiger partial charge in [-0.3, -0.25) is 29.1 Å². The van der Waals surface area contributed by atoms with Crippen molar-refractivity contribution in [2.75, 3.05) is 18.0 Å². The second-order valence-corrected chi connectivity index (χ2v) is 8.18. The number of carboxylic acid groups (broad SMARTS) is 1. The summed E-state index contributed by atoms with van der Waals surface area (Å²) in [6.07, 6.45) is 0. The minimum absolute atomic E-state index is 0.00791. The molecule has 0 aliphatic carbocycles.